The van der Waals surface area contributed by atoms with E-state index < -0.39 is 11.7 Å². The smallest absolute Gasteiger partial charge is 0.315 e. The van der Waals surface area contributed by atoms with Crippen LogP contribution in [-0.4, -0.2) is 72.2 Å². The minimum absolute atomic E-state index is 0.00243. The van der Waals surface area contributed by atoms with Crippen molar-refractivity contribution in [3.05, 3.63) is 59.9 Å². The second kappa shape index (κ2) is 11.0. The van der Waals surface area contributed by atoms with Crippen molar-refractivity contribution in [2.75, 3.05) is 56.9 Å². The van der Waals surface area contributed by atoms with Gasteiger partial charge >= 0.3 is 6.01 Å². The fourth-order valence-electron chi connectivity index (χ4n) is 3.77. The fraction of sp³-hybridized carbons (Fsp3) is 0.375. The molecule has 0 radical (unpaired) electrons. The molecule has 174 valence electrons. The van der Waals surface area contributed by atoms with Gasteiger partial charge in [0.25, 0.3) is 5.91 Å². The highest BCUT2D eigenvalue weighted by molar-refractivity contribution is 6.04. The highest BCUT2D eigenvalue weighted by atomic mass is 19.1. The predicted molar refractivity (Wildman–Crippen MR) is 126 cm³/mol. The van der Waals surface area contributed by atoms with E-state index in [1.807, 2.05) is 0 Å². The largest absolute Gasteiger partial charge is 0.403 e. The molecule has 1 amide bonds. The van der Waals surface area contributed by atoms with E-state index in [9.17, 15) is 9.18 Å². The second-order valence-corrected chi connectivity index (χ2v) is 8.20. The molecule has 3 aromatic rings. The summed E-state index contributed by atoms with van der Waals surface area (Å²) in [4.78, 5) is 17.1. The molecular formula is C24H29FN6O2. The van der Waals surface area contributed by atoms with Gasteiger partial charge in [-0.1, -0.05) is 17.2 Å². The maximum Gasteiger partial charge on any atom is 0.315 e. The van der Waals surface area contributed by atoms with Crippen molar-refractivity contribution in [1.29, 1.82) is 0 Å². The number of nitrogens with one attached hydrogen (secondary N) is 2. The maximum absolute atomic E-state index is 13.8. The number of anilines is 2. The summed E-state index contributed by atoms with van der Waals surface area (Å²) in [5.74, 6) is -0.672. The van der Waals surface area contributed by atoms with Crippen molar-refractivity contribution in [2.45, 2.75) is 12.8 Å². The van der Waals surface area contributed by atoms with E-state index in [2.05, 4.69) is 37.7 Å². The number of hydrogen-bond donors (Lipinski definition) is 2. The lowest BCUT2D eigenvalue weighted by molar-refractivity contribution is 0.102. The van der Waals surface area contributed by atoms with Crippen LogP contribution in [0.5, 0.6) is 0 Å². The first kappa shape index (κ1) is 22.9. The normalized spacial score (nSPS) is 15.2. The molecule has 1 fully saturated rings. The number of rotatable bonds is 8. The highest BCUT2D eigenvalue weighted by Crippen LogP contribution is 2.22. The number of likely N-dealkylation sites (N-methyl/N-ethyl adjacent to an activating group) is 1. The molecule has 0 atom stereocenters. The Kier molecular flexibility index (Phi) is 7.64. The number of halogens is 1. The van der Waals surface area contributed by atoms with Gasteiger partial charge in [0, 0.05) is 30.9 Å². The van der Waals surface area contributed by atoms with Gasteiger partial charge in [-0.2, -0.15) is 0 Å². The van der Waals surface area contributed by atoms with E-state index in [1.165, 1.54) is 25.1 Å². The quantitative estimate of drug-likeness (QED) is 0.505. The number of nitrogens with zero attached hydrogens (tertiary/aromatic N) is 4. The number of benzene rings is 2. The lowest BCUT2D eigenvalue weighted by Crippen LogP contribution is -2.30. The Morgan fingerprint density at radius 1 is 1.06 bits per heavy atom. The van der Waals surface area contributed by atoms with Crippen LogP contribution in [0.25, 0.3) is 11.5 Å². The van der Waals surface area contributed by atoms with E-state index >= 15 is 0 Å². The van der Waals surface area contributed by atoms with Crippen molar-refractivity contribution in [2.24, 2.45) is 0 Å². The summed E-state index contributed by atoms with van der Waals surface area (Å²) in [6.07, 6.45) is 2.21. The van der Waals surface area contributed by atoms with Crippen LogP contribution in [0.4, 0.5) is 16.1 Å². The molecule has 1 aliphatic heterocycles. The van der Waals surface area contributed by atoms with E-state index in [-0.39, 0.29) is 5.56 Å². The van der Waals surface area contributed by atoms with Crippen molar-refractivity contribution in [3.63, 3.8) is 0 Å². The van der Waals surface area contributed by atoms with Crippen LogP contribution in [0.2, 0.25) is 0 Å². The summed E-state index contributed by atoms with van der Waals surface area (Å²) in [6, 6.07) is 13.2. The standard InChI is InChI=1S/C24H29FN6O2/c1-30-13-5-15-31(17-16-30)14-4-12-26-24-29-28-23(33-24)18-8-10-19(11-9-18)27-22(32)20-6-2-3-7-21(20)25/h2-3,6-11H,4-5,12-17H2,1H3,(H,26,29)(H,27,32). The molecule has 2 heterocycles. The van der Waals surface area contributed by atoms with Crippen LogP contribution in [0, 0.1) is 5.82 Å². The highest BCUT2D eigenvalue weighted by Gasteiger charge is 2.13. The summed E-state index contributed by atoms with van der Waals surface area (Å²) in [6.45, 7) is 6.34. The lowest BCUT2D eigenvalue weighted by atomic mass is 10.1. The monoisotopic (exact) mass is 452 g/mol. The van der Waals surface area contributed by atoms with Crippen LogP contribution < -0.4 is 10.6 Å². The Morgan fingerprint density at radius 3 is 2.70 bits per heavy atom. The zero-order chi connectivity index (χ0) is 23.0. The molecule has 1 aliphatic rings. The summed E-state index contributed by atoms with van der Waals surface area (Å²) in [7, 11) is 2.17. The average Bonchev–Trinajstić information content (AvgIpc) is 3.19. The summed E-state index contributed by atoms with van der Waals surface area (Å²) >= 11 is 0. The zero-order valence-electron chi connectivity index (χ0n) is 18.8. The Labute approximate surface area is 192 Å². The average molecular weight is 453 g/mol. The van der Waals surface area contributed by atoms with Gasteiger partial charge in [0.2, 0.25) is 5.89 Å². The Bertz CT molecular complexity index is 1060. The molecule has 1 aromatic heterocycles. The molecule has 8 nitrogen and oxygen atoms in total. The first-order valence-electron chi connectivity index (χ1n) is 11.2. The van der Waals surface area contributed by atoms with Gasteiger partial charge in [-0.3, -0.25) is 4.79 Å². The maximum atomic E-state index is 13.8. The van der Waals surface area contributed by atoms with Crippen LogP contribution >= 0.6 is 0 Å². The lowest BCUT2D eigenvalue weighted by Gasteiger charge is -2.19. The van der Waals surface area contributed by atoms with Crippen molar-refractivity contribution in [1.82, 2.24) is 20.0 Å². The minimum Gasteiger partial charge on any atom is -0.403 e. The molecule has 2 N–H and O–H groups in total. The number of amides is 1. The van der Waals surface area contributed by atoms with Gasteiger partial charge in [-0.05, 0) is 75.9 Å². The molecule has 33 heavy (non-hydrogen) atoms. The van der Waals surface area contributed by atoms with Crippen molar-refractivity contribution >= 4 is 17.6 Å². The molecule has 2 aromatic carbocycles. The topological polar surface area (TPSA) is 86.5 Å². The summed E-state index contributed by atoms with van der Waals surface area (Å²) in [5, 5.41) is 14.0. The first-order chi connectivity index (χ1) is 16.1. The van der Waals surface area contributed by atoms with Crippen LogP contribution in [0.3, 0.4) is 0 Å². The molecule has 1 saturated heterocycles. The van der Waals surface area contributed by atoms with Crippen molar-refractivity contribution in [3.8, 4) is 11.5 Å². The summed E-state index contributed by atoms with van der Waals surface area (Å²) < 4.78 is 19.5. The van der Waals surface area contributed by atoms with Gasteiger partial charge in [-0.15, -0.1) is 5.10 Å². The summed E-state index contributed by atoms with van der Waals surface area (Å²) in [5.41, 5.74) is 1.27. The van der Waals surface area contributed by atoms with Gasteiger partial charge in [0.1, 0.15) is 5.82 Å². The Morgan fingerprint density at radius 2 is 1.88 bits per heavy atom. The third-order valence-electron chi connectivity index (χ3n) is 5.67. The molecule has 0 aliphatic carbocycles. The van der Waals surface area contributed by atoms with E-state index in [0.717, 1.165) is 44.7 Å². The van der Waals surface area contributed by atoms with E-state index in [4.69, 9.17) is 4.42 Å². The van der Waals surface area contributed by atoms with E-state index in [0.29, 0.717) is 17.6 Å². The third kappa shape index (κ3) is 6.36. The Hall–Kier alpha value is -3.30. The van der Waals surface area contributed by atoms with Gasteiger partial charge in [0.15, 0.2) is 0 Å². The first-order valence-corrected chi connectivity index (χ1v) is 11.2. The molecular weight excluding hydrogens is 423 g/mol. The van der Waals surface area contributed by atoms with E-state index in [1.54, 1.807) is 36.4 Å². The van der Waals surface area contributed by atoms with Gasteiger partial charge < -0.3 is 24.9 Å². The molecule has 9 heteroatoms. The number of carbonyl (C=O) groups excluding carboxylic acids is 1. The van der Waals surface area contributed by atoms with Crippen LogP contribution in [0.1, 0.15) is 23.2 Å². The fourth-order valence-corrected chi connectivity index (χ4v) is 3.77. The Balaban J connectivity index is 1.25. The third-order valence-corrected chi connectivity index (χ3v) is 5.67. The van der Waals surface area contributed by atoms with Gasteiger partial charge in [-0.25, -0.2) is 4.39 Å². The molecule has 4 rings (SSSR count). The number of carbonyl (C=O) groups is 1. The molecule has 0 bridgehead atoms. The zero-order valence-corrected chi connectivity index (χ0v) is 18.8. The van der Waals surface area contributed by atoms with Gasteiger partial charge in [0.05, 0.1) is 5.56 Å². The van der Waals surface area contributed by atoms with Crippen LogP contribution in [0.15, 0.2) is 52.9 Å². The van der Waals surface area contributed by atoms with Crippen LogP contribution in [-0.2, 0) is 0 Å². The van der Waals surface area contributed by atoms with Crippen molar-refractivity contribution < 1.29 is 13.6 Å². The number of aromatic nitrogens is 2. The second-order valence-electron chi connectivity index (χ2n) is 8.20. The predicted octanol–water partition coefficient (Wildman–Crippen LogP) is 3.57. The number of hydrogen-bond acceptors (Lipinski definition) is 7. The SMILES string of the molecule is CN1CCCN(CCCNc2nnc(-c3ccc(NC(=O)c4ccccc4F)cc3)o2)CC1. The molecule has 0 saturated carbocycles. The molecule has 0 unspecified atom stereocenters. The minimum atomic E-state index is -0.559. The molecule has 0 spiro atoms.